The van der Waals surface area contributed by atoms with Crippen LogP contribution in [0.2, 0.25) is 0 Å². The zero-order valence-electron chi connectivity index (χ0n) is 15.7. The van der Waals surface area contributed by atoms with E-state index in [-0.39, 0.29) is 23.3 Å². The number of thiazole rings is 1. The minimum atomic E-state index is -3.66. The van der Waals surface area contributed by atoms with E-state index in [1.165, 1.54) is 23.5 Å². The number of aryl methyl sites for hydroxylation is 1. The normalized spacial score (nSPS) is 11.7. The lowest BCUT2D eigenvalue weighted by molar-refractivity contribution is -0.118. The van der Waals surface area contributed by atoms with Crippen molar-refractivity contribution in [2.45, 2.75) is 32.2 Å². The molecule has 0 bridgehead atoms. The molecule has 0 aliphatic rings. The summed E-state index contributed by atoms with van der Waals surface area (Å²) in [5.74, 6) is -0.261. The van der Waals surface area contributed by atoms with E-state index in [1.807, 2.05) is 24.4 Å². The minimum Gasteiger partial charge on any atom is -0.326 e. The van der Waals surface area contributed by atoms with Gasteiger partial charge in [0, 0.05) is 23.0 Å². The fraction of sp³-hybridized carbons (Fsp3) is 0.263. The molecule has 0 aliphatic heterocycles. The molecule has 0 atom stereocenters. The Bertz CT molecular complexity index is 1050. The fourth-order valence-electron chi connectivity index (χ4n) is 2.35. The Morgan fingerprint density at radius 1 is 1.18 bits per heavy atom. The number of nitrogens with one attached hydrogen (secondary N) is 2. The third-order valence-corrected chi connectivity index (χ3v) is 7.62. The van der Waals surface area contributed by atoms with Gasteiger partial charge in [0.25, 0.3) is 0 Å². The summed E-state index contributed by atoms with van der Waals surface area (Å²) >= 11 is 3.09. The highest BCUT2D eigenvalue weighted by Crippen LogP contribution is 2.31. The van der Waals surface area contributed by atoms with Crippen LogP contribution in [-0.2, 0) is 21.4 Å². The van der Waals surface area contributed by atoms with Crippen LogP contribution in [0.1, 0.15) is 24.4 Å². The van der Waals surface area contributed by atoms with Crippen LogP contribution in [0, 0.1) is 12.8 Å². The molecular weight excluding hydrogens is 414 g/mol. The van der Waals surface area contributed by atoms with Crippen LogP contribution in [0.4, 0.5) is 5.69 Å². The first-order valence-corrected chi connectivity index (χ1v) is 11.8. The SMILES string of the molecule is Cc1nc(-c2cccs2)sc1CNS(=O)(=O)c1ccc(NC(=O)C(C)C)cc1. The Labute approximate surface area is 172 Å². The highest BCUT2D eigenvalue weighted by Gasteiger charge is 2.17. The summed E-state index contributed by atoms with van der Waals surface area (Å²) in [6, 6.07) is 10.1. The Kier molecular flexibility index (Phi) is 6.29. The predicted molar refractivity (Wildman–Crippen MR) is 114 cm³/mol. The van der Waals surface area contributed by atoms with Crippen molar-refractivity contribution in [3.8, 4) is 9.88 Å². The summed E-state index contributed by atoms with van der Waals surface area (Å²) in [6.07, 6.45) is 0. The molecule has 0 aliphatic carbocycles. The van der Waals surface area contributed by atoms with Gasteiger partial charge >= 0.3 is 0 Å². The van der Waals surface area contributed by atoms with Gasteiger partial charge in [-0.25, -0.2) is 18.1 Å². The number of carbonyl (C=O) groups excluding carboxylic acids is 1. The molecular formula is C19H21N3O3S3. The maximum absolute atomic E-state index is 12.6. The number of anilines is 1. The smallest absolute Gasteiger partial charge is 0.240 e. The van der Waals surface area contributed by atoms with Gasteiger partial charge in [-0.2, -0.15) is 0 Å². The molecule has 148 valence electrons. The van der Waals surface area contributed by atoms with Crippen molar-refractivity contribution in [1.82, 2.24) is 9.71 Å². The molecule has 0 saturated heterocycles. The monoisotopic (exact) mass is 435 g/mol. The van der Waals surface area contributed by atoms with E-state index in [0.29, 0.717) is 5.69 Å². The number of hydrogen-bond acceptors (Lipinski definition) is 6. The van der Waals surface area contributed by atoms with Gasteiger partial charge in [-0.05, 0) is 42.6 Å². The quantitative estimate of drug-likeness (QED) is 0.581. The summed E-state index contributed by atoms with van der Waals surface area (Å²) < 4.78 is 27.8. The molecule has 6 nitrogen and oxygen atoms in total. The molecule has 0 fully saturated rings. The summed E-state index contributed by atoms with van der Waals surface area (Å²) in [7, 11) is -3.66. The predicted octanol–water partition coefficient (Wildman–Crippen LogP) is 4.25. The molecule has 0 radical (unpaired) electrons. The zero-order chi connectivity index (χ0) is 20.3. The number of nitrogens with zero attached hydrogens (tertiary/aromatic N) is 1. The van der Waals surface area contributed by atoms with Crippen LogP contribution in [0.3, 0.4) is 0 Å². The van der Waals surface area contributed by atoms with E-state index in [9.17, 15) is 13.2 Å². The third-order valence-electron chi connectivity index (χ3n) is 4.00. The summed E-state index contributed by atoms with van der Waals surface area (Å²) in [5, 5.41) is 5.62. The van der Waals surface area contributed by atoms with Crippen LogP contribution < -0.4 is 10.0 Å². The first kappa shape index (κ1) is 20.7. The number of hydrogen-bond donors (Lipinski definition) is 2. The molecule has 1 amide bonds. The Hall–Kier alpha value is -2.07. The van der Waals surface area contributed by atoms with E-state index in [4.69, 9.17) is 0 Å². The van der Waals surface area contributed by atoms with Gasteiger partial charge in [0.1, 0.15) is 5.01 Å². The lowest BCUT2D eigenvalue weighted by atomic mass is 10.2. The first-order valence-electron chi connectivity index (χ1n) is 8.67. The molecule has 2 aromatic heterocycles. The van der Waals surface area contributed by atoms with E-state index < -0.39 is 10.0 Å². The number of sulfonamides is 1. The van der Waals surface area contributed by atoms with Crippen molar-refractivity contribution in [3.63, 3.8) is 0 Å². The van der Waals surface area contributed by atoms with Gasteiger partial charge < -0.3 is 5.32 Å². The van der Waals surface area contributed by atoms with Crippen molar-refractivity contribution in [3.05, 3.63) is 52.3 Å². The maximum Gasteiger partial charge on any atom is 0.240 e. The standard InChI is InChI=1S/C19H21N3O3S3/c1-12(2)18(23)22-14-6-8-15(9-7-14)28(24,25)20-11-17-13(3)21-19(27-17)16-5-4-10-26-16/h4-10,12,20H,11H2,1-3H3,(H,22,23). The summed E-state index contributed by atoms with van der Waals surface area (Å²) in [6.45, 7) is 5.65. The number of carbonyl (C=O) groups is 1. The summed E-state index contributed by atoms with van der Waals surface area (Å²) in [5.41, 5.74) is 1.39. The fourth-order valence-corrected chi connectivity index (χ4v) is 5.23. The molecule has 1 aromatic carbocycles. The van der Waals surface area contributed by atoms with E-state index in [0.717, 1.165) is 20.5 Å². The largest absolute Gasteiger partial charge is 0.326 e. The molecule has 9 heteroatoms. The number of amides is 1. The van der Waals surface area contributed by atoms with Gasteiger partial charge in [0.2, 0.25) is 15.9 Å². The Balaban J connectivity index is 1.68. The second kappa shape index (κ2) is 8.52. The van der Waals surface area contributed by atoms with E-state index in [1.54, 1.807) is 37.3 Å². The van der Waals surface area contributed by atoms with E-state index in [2.05, 4.69) is 15.0 Å². The van der Waals surface area contributed by atoms with Crippen LogP contribution in [-0.4, -0.2) is 19.3 Å². The molecule has 2 N–H and O–H groups in total. The first-order chi connectivity index (χ1) is 13.3. The van der Waals surface area contributed by atoms with Crippen molar-refractivity contribution in [1.29, 1.82) is 0 Å². The Morgan fingerprint density at radius 3 is 2.50 bits per heavy atom. The number of rotatable bonds is 7. The van der Waals surface area contributed by atoms with Crippen molar-refractivity contribution < 1.29 is 13.2 Å². The maximum atomic E-state index is 12.6. The second-order valence-corrected chi connectivity index (χ2v) is 10.3. The molecule has 0 unspecified atom stereocenters. The molecule has 0 saturated carbocycles. The molecule has 3 aromatic rings. The van der Waals surface area contributed by atoms with Crippen LogP contribution >= 0.6 is 22.7 Å². The average molecular weight is 436 g/mol. The summed E-state index contributed by atoms with van der Waals surface area (Å²) in [4.78, 5) is 18.4. The highest BCUT2D eigenvalue weighted by molar-refractivity contribution is 7.89. The van der Waals surface area contributed by atoms with Gasteiger partial charge in [-0.15, -0.1) is 22.7 Å². The lowest BCUT2D eigenvalue weighted by Gasteiger charge is -2.09. The topological polar surface area (TPSA) is 88.2 Å². The van der Waals surface area contributed by atoms with E-state index >= 15 is 0 Å². The highest BCUT2D eigenvalue weighted by atomic mass is 32.2. The van der Waals surface area contributed by atoms with Gasteiger partial charge in [0.05, 0.1) is 15.5 Å². The minimum absolute atomic E-state index is 0.115. The van der Waals surface area contributed by atoms with Gasteiger partial charge in [-0.1, -0.05) is 19.9 Å². The number of aromatic nitrogens is 1. The number of benzene rings is 1. The van der Waals surface area contributed by atoms with Crippen LogP contribution in [0.5, 0.6) is 0 Å². The molecule has 0 spiro atoms. The zero-order valence-corrected chi connectivity index (χ0v) is 18.2. The third kappa shape index (κ3) is 4.85. The van der Waals surface area contributed by atoms with Crippen molar-refractivity contribution >= 4 is 44.3 Å². The van der Waals surface area contributed by atoms with Crippen LogP contribution in [0.15, 0.2) is 46.7 Å². The second-order valence-electron chi connectivity index (χ2n) is 6.50. The lowest BCUT2D eigenvalue weighted by Crippen LogP contribution is -2.23. The van der Waals surface area contributed by atoms with Crippen molar-refractivity contribution in [2.75, 3.05) is 5.32 Å². The average Bonchev–Trinajstić information content (AvgIpc) is 3.30. The van der Waals surface area contributed by atoms with Gasteiger partial charge in [0.15, 0.2) is 0 Å². The Morgan fingerprint density at radius 2 is 1.89 bits per heavy atom. The molecule has 3 rings (SSSR count). The molecule has 2 heterocycles. The number of thiophene rings is 1. The van der Waals surface area contributed by atoms with Gasteiger partial charge in [-0.3, -0.25) is 4.79 Å². The van der Waals surface area contributed by atoms with Crippen molar-refractivity contribution in [2.24, 2.45) is 5.92 Å². The molecule has 28 heavy (non-hydrogen) atoms. The van der Waals surface area contributed by atoms with Crippen LogP contribution in [0.25, 0.3) is 9.88 Å².